The normalized spacial score (nSPS) is 12.1. The zero-order chi connectivity index (χ0) is 35.7. The Morgan fingerprint density at radius 2 is 1.33 bits per heavy atom. The summed E-state index contributed by atoms with van der Waals surface area (Å²) in [5.74, 6) is 0.309. The van der Waals surface area contributed by atoms with Gasteiger partial charge in [-0.25, -0.2) is 0 Å². The van der Waals surface area contributed by atoms with E-state index in [-0.39, 0.29) is 17.4 Å². The monoisotopic (exact) mass is 699 g/mol. The van der Waals surface area contributed by atoms with Gasteiger partial charge in [-0.1, -0.05) is 60.7 Å². The maximum Gasteiger partial charge on any atom is 0.272 e. The van der Waals surface area contributed by atoms with Crippen molar-refractivity contribution in [1.82, 2.24) is 5.32 Å². The van der Waals surface area contributed by atoms with Crippen LogP contribution in [-0.4, -0.2) is 44.8 Å². The Hall–Kier alpha value is -6.00. The molecule has 0 fully saturated rings. The Kier molecular flexibility index (Phi) is 11.0. The third-order valence-electron chi connectivity index (χ3n) is 8.36. The minimum absolute atomic E-state index is 0.00939. The van der Waals surface area contributed by atoms with Gasteiger partial charge in [0.1, 0.15) is 5.70 Å². The van der Waals surface area contributed by atoms with Gasteiger partial charge in [0.2, 0.25) is 11.7 Å². The Bertz CT molecular complexity index is 2030. The van der Waals surface area contributed by atoms with Gasteiger partial charge in [-0.15, -0.1) is 11.8 Å². The molecule has 10 heteroatoms. The highest BCUT2D eigenvalue weighted by molar-refractivity contribution is 8.00. The number of nitrogens with zero attached hydrogens (tertiary/aromatic N) is 1. The number of ether oxygens (including phenoxy) is 3. The van der Waals surface area contributed by atoms with Gasteiger partial charge >= 0.3 is 0 Å². The van der Waals surface area contributed by atoms with Crippen molar-refractivity contribution in [1.29, 1.82) is 0 Å². The van der Waals surface area contributed by atoms with Crippen LogP contribution in [0.2, 0.25) is 0 Å². The first-order valence-corrected chi connectivity index (χ1v) is 17.3. The Morgan fingerprint density at radius 3 is 1.94 bits per heavy atom. The van der Waals surface area contributed by atoms with Crippen LogP contribution in [0.15, 0.2) is 126 Å². The average molecular weight is 700 g/mol. The molecule has 51 heavy (non-hydrogen) atoms. The van der Waals surface area contributed by atoms with Crippen molar-refractivity contribution in [3.63, 3.8) is 0 Å². The van der Waals surface area contributed by atoms with E-state index in [2.05, 4.69) is 22.8 Å². The van der Waals surface area contributed by atoms with Crippen molar-refractivity contribution in [2.75, 3.05) is 37.3 Å². The van der Waals surface area contributed by atoms with E-state index in [4.69, 9.17) is 14.2 Å². The van der Waals surface area contributed by atoms with E-state index in [9.17, 15) is 14.4 Å². The minimum Gasteiger partial charge on any atom is -0.493 e. The lowest BCUT2D eigenvalue weighted by atomic mass is 10.0. The number of rotatable bonds is 11. The molecule has 0 bridgehead atoms. The van der Waals surface area contributed by atoms with Crippen molar-refractivity contribution < 1.29 is 28.6 Å². The molecule has 0 atom stereocenters. The Labute approximate surface area is 301 Å². The summed E-state index contributed by atoms with van der Waals surface area (Å²) >= 11 is 1.38. The summed E-state index contributed by atoms with van der Waals surface area (Å²) in [7, 11) is 4.50. The van der Waals surface area contributed by atoms with Crippen LogP contribution in [0, 0.1) is 0 Å². The molecule has 258 valence electrons. The molecule has 0 saturated carbocycles. The molecule has 0 aromatic heterocycles. The number of para-hydroxylation sites is 2. The van der Waals surface area contributed by atoms with Gasteiger partial charge in [0.25, 0.3) is 11.8 Å². The number of carbonyl (C=O) groups excluding carboxylic acids is 3. The van der Waals surface area contributed by atoms with Crippen molar-refractivity contribution in [2.24, 2.45) is 0 Å². The molecule has 5 aromatic carbocycles. The van der Waals surface area contributed by atoms with E-state index >= 15 is 0 Å². The summed E-state index contributed by atoms with van der Waals surface area (Å²) in [5, 5.41) is 5.67. The van der Waals surface area contributed by atoms with Crippen LogP contribution in [0.25, 0.3) is 6.08 Å². The number of methoxy groups -OCH3 is 3. The first-order valence-electron chi connectivity index (χ1n) is 16.3. The molecule has 0 spiro atoms. The largest absolute Gasteiger partial charge is 0.493 e. The first-order chi connectivity index (χ1) is 24.9. The molecule has 1 aliphatic heterocycles. The van der Waals surface area contributed by atoms with Gasteiger partial charge in [0.15, 0.2) is 11.5 Å². The number of carbonyl (C=O) groups is 3. The Morgan fingerprint density at radius 1 is 0.725 bits per heavy atom. The number of aryl methyl sites for hydroxylation is 2. The molecule has 1 aliphatic rings. The second kappa shape index (κ2) is 16.1. The highest BCUT2D eigenvalue weighted by Crippen LogP contribution is 2.39. The average Bonchev–Trinajstić information content (AvgIpc) is 3.33. The van der Waals surface area contributed by atoms with E-state index in [1.807, 2.05) is 53.4 Å². The molecule has 0 unspecified atom stereocenters. The van der Waals surface area contributed by atoms with Crippen LogP contribution < -0.4 is 29.7 Å². The number of benzene rings is 5. The van der Waals surface area contributed by atoms with E-state index in [1.54, 1.807) is 54.6 Å². The predicted molar refractivity (Wildman–Crippen MR) is 201 cm³/mol. The number of hydrogen-bond acceptors (Lipinski definition) is 7. The van der Waals surface area contributed by atoms with Crippen LogP contribution in [-0.2, 0) is 22.4 Å². The van der Waals surface area contributed by atoms with E-state index in [0.717, 1.165) is 40.2 Å². The van der Waals surface area contributed by atoms with Gasteiger partial charge in [-0.2, -0.15) is 0 Å². The molecule has 2 N–H and O–H groups in total. The number of anilines is 3. The zero-order valence-electron chi connectivity index (χ0n) is 28.5. The second-order valence-corrected chi connectivity index (χ2v) is 12.6. The van der Waals surface area contributed by atoms with Crippen LogP contribution in [0.5, 0.6) is 17.2 Å². The number of hydrogen-bond donors (Lipinski definition) is 2. The summed E-state index contributed by atoms with van der Waals surface area (Å²) in [6.45, 7) is 0. The van der Waals surface area contributed by atoms with Gasteiger partial charge in [-0.3, -0.25) is 19.3 Å². The molecule has 0 saturated heterocycles. The van der Waals surface area contributed by atoms with Gasteiger partial charge in [0, 0.05) is 16.1 Å². The van der Waals surface area contributed by atoms with Crippen LogP contribution in [0.3, 0.4) is 0 Å². The number of thioether (sulfide) groups is 1. The van der Waals surface area contributed by atoms with Crippen LogP contribution in [0.4, 0.5) is 17.1 Å². The maximum absolute atomic E-state index is 13.9. The SMILES string of the molecule is COc1cc(/C=C(\NC(=O)c2ccccc2)C(=O)Nc2cccc(SCC(=O)N3c4ccccc4CCc4ccccc43)c2)cc(OC)c1OC. The van der Waals surface area contributed by atoms with Gasteiger partial charge in [-0.05, 0) is 90.2 Å². The van der Waals surface area contributed by atoms with Crippen molar-refractivity contribution in [3.05, 3.63) is 143 Å². The lowest BCUT2D eigenvalue weighted by Crippen LogP contribution is -2.30. The van der Waals surface area contributed by atoms with Crippen molar-refractivity contribution in [3.8, 4) is 17.2 Å². The fourth-order valence-corrected chi connectivity index (χ4v) is 6.72. The quantitative estimate of drug-likeness (QED) is 0.108. The zero-order valence-corrected chi connectivity index (χ0v) is 29.3. The maximum atomic E-state index is 13.9. The number of amides is 3. The summed E-state index contributed by atoms with van der Waals surface area (Å²) in [4.78, 5) is 43.5. The van der Waals surface area contributed by atoms with Crippen molar-refractivity contribution in [2.45, 2.75) is 17.7 Å². The van der Waals surface area contributed by atoms with E-state index in [0.29, 0.717) is 34.1 Å². The third-order valence-corrected chi connectivity index (χ3v) is 9.34. The third kappa shape index (κ3) is 8.08. The summed E-state index contributed by atoms with van der Waals surface area (Å²) < 4.78 is 16.4. The molecule has 3 amide bonds. The fourth-order valence-electron chi connectivity index (χ4n) is 5.91. The molecule has 9 nitrogen and oxygen atoms in total. The molecule has 6 rings (SSSR count). The smallest absolute Gasteiger partial charge is 0.272 e. The summed E-state index contributed by atoms with van der Waals surface area (Å²) in [6, 6.07) is 35.3. The van der Waals surface area contributed by atoms with E-state index in [1.165, 1.54) is 39.2 Å². The number of nitrogens with one attached hydrogen (secondary N) is 2. The molecule has 0 radical (unpaired) electrons. The number of fused-ring (bicyclic) bond motifs is 2. The molecule has 1 heterocycles. The fraction of sp³-hybridized carbons (Fsp3) is 0.146. The highest BCUT2D eigenvalue weighted by atomic mass is 32.2. The van der Waals surface area contributed by atoms with Gasteiger partial charge in [0.05, 0.1) is 38.5 Å². The lowest BCUT2D eigenvalue weighted by Gasteiger charge is -2.25. The molecule has 5 aromatic rings. The minimum atomic E-state index is -0.552. The molecular formula is C41H37N3O6S. The summed E-state index contributed by atoms with van der Waals surface area (Å²) in [5.41, 5.74) is 5.47. The first kappa shape index (κ1) is 34.8. The molecular weight excluding hydrogens is 663 g/mol. The van der Waals surface area contributed by atoms with Crippen LogP contribution in [0.1, 0.15) is 27.0 Å². The molecule has 0 aliphatic carbocycles. The standard InChI is InChI=1S/C41H37N3O6S/c1-48-36-23-27(24-37(49-2)39(36)50-3)22-33(43-40(46)30-14-5-4-6-15-30)41(47)42-31-16-11-17-32(25-31)51-26-38(45)44-34-18-9-7-12-28(34)20-21-29-13-8-10-19-35(29)44/h4-19,22-25H,20-21,26H2,1-3H3,(H,42,47)(H,43,46)/b33-22-. The van der Waals surface area contributed by atoms with Gasteiger partial charge < -0.3 is 24.8 Å². The van der Waals surface area contributed by atoms with Crippen LogP contribution >= 0.6 is 11.8 Å². The lowest BCUT2D eigenvalue weighted by molar-refractivity contribution is -0.115. The predicted octanol–water partition coefficient (Wildman–Crippen LogP) is 7.68. The second-order valence-electron chi connectivity index (χ2n) is 11.6. The summed E-state index contributed by atoms with van der Waals surface area (Å²) in [6.07, 6.45) is 3.25. The van der Waals surface area contributed by atoms with E-state index < -0.39 is 11.8 Å². The Balaban J connectivity index is 1.23. The highest BCUT2D eigenvalue weighted by Gasteiger charge is 2.25. The topological polar surface area (TPSA) is 106 Å². The van der Waals surface area contributed by atoms with Crippen molar-refractivity contribution >= 4 is 52.6 Å².